The summed E-state index contributed by atoms with van der Waals surface area (Å²) in [6, 6.07) is 13.8. The normalized spacial score (nSPS) is 13.6. The largest absolute Gasteiger partial charge is 0.274 e. The van der Waals surface area contributed by atoms with Gasteiger partial charge in [-0.05, 0) is 18.2 Å². The van der Waals surface area contributed by atoms with Gasteiger partial charge < -0.3 is 0 Å². The smallest absolute Gasteiger partial charge is 0.269 e. The number of hydrogen-bond acceptors (Lipinski definition) is 4. The average Bonchev–Trinajstić information content (AvgIpc) is 2.85. The Kier molecular flexibility index (Phi) is 3.06. The Labute approximate surface area is 136 Å². The van der Waals surface area contributed by atoms with Crippen molar-refractivity contribution in [1.29, 1.82) is 0 Å². The Morgan fingerprint density at radius 3 is 2.00 bits per heavy atom. The maximum absolute atomic E-state index is 12.5. The second kappa shape index (κ2) is 5.13. The van der Waals surface area contributed by atoms with E-state index in [0.29, 0.717) is 27.6 Å². The summed E-state index contributed by atoms with van der Waals surface area (Å²) >= 11 is 0. The molecule has 2 heterocycles. The van der Waals surface area contributed by atoms with Crippen molar-refractivity contribution in [2.24, 2.45) is 7.05 Å². The maximum atomic E-state index is 12.5. The summed E-state index contributed by atoms with van der Waals surface area (Å²) in [7, 11) is 1.56. The van der Waals surface area contributed by atoms with Gasteiger partial charge in [-0.3, -0.25) is 19.3 Å². The number of hydrogen-bond donors (Lipinski definition) is 0. The van der Waals surface area contributed by atoms with E-state index in [1.165, 1.54) is 9.58 Å². The van der Waals surface area contributed by atoms with Crippen LogP contribution in [0, 0.1) is 0 Å². The molecule has 2 amide bonds. The first-order chi connectivity index (χ1) is 11.6. The molecule has 0 aliphatic carbocycles. The zero-order chi connectivity index (χ0) is 16.8. The highest BCUT2D eigenvalue weighted by Crippen LogP contribution is 2.25. The lowest BCUT2D eigenvalue weighted by molar-refractivity contribution is 0.0640. The van der Waals surface area contributed by atoms with Crippen molar-refractivity contribution in [1.82, 2.24) is 14.7 Å². The highest BCUT2D eigenvalue weighted by molar-refractivity contribution is 6.21. The van der Waals surface area contributed by atoms with Crippen LogP contribution in [0.3, 0.4) is 0 Å². The molecule has 6 heteroatoms. The summed E-state index contributed by atoms with van der Waals surface area (Å²) in [5.41, 5.74) is 1.10. The Balaban J connectivity index is 1.82. The summed E-state index contributed by atoms with van der Waals surface area (Å²) in [6.45, 7) is 0.0288. The van der Waals surface area contributed by atoms with E-state index < -0.39 is 0 Å². The average molecular weight is 319 g/mol. The van der Waals surface area contributed by atoms with E-state index in [1.54, 1.807) is 55.6 Å². The monoisotopic (exact) mass is 319 g/mol. The van der Waals surface area contributed by atoms with Gasteiger partial charge in [0, 0.05) is 12.4 Å². The van der Waals surface area contributed by atoms with Crippen LogP contribution < -0.4 is 5.56 Å². The van der Waals surface area contributed by atoms with Gasteiger partial charge >= 0.3 is 0 Å². The minimum absolute atomic E-state index is 0.0288. The number of aromatic nitrogens is 2. The molecule has 1 aliphatic heterocycles. The predicted octanol–water partition coefficient (Wildman–Crippen LogP) is 1.73. The molecule has 0 N–H and O–H groups in total. The van der Waals surface area contributed by atoms with E-state index in [9.17, 15) is 14.4 Å². The number of carbonyl (C=O) groups excluding carboxylic acids is 2. The van der Waals surface area contributed by atoms with Crippen molar-refractivity contribution in [2.75, 3.05) is 0 Å². The van der Waals surface area contributed by atoms with Crippen LogP contribution in [0.4, 0.5) is 0 Å². The van der Waals surface area contributed by atoms with Gasteiger partial charge in [-0.15, -0.1) is 0 Å². The summed E-state index contributed by atoms with van der Waals surface area (Å²) < 4.78 is 1.23. The quantitative estimate of drug-likeness (QED) is 0.674. The van der Waals surface area contributed by atoms with E-state index in [4.69, 9.17) is 0 Å². The van der Waals surface area contributed by atoms with Gasteiger partial charge in [-0.25, -0.2) is 4.68 Å². The van der Waals surface area contributed by atoms with Gasteiger partial charge in [0.05, 0.1) is 28.8 Å². The highest BCUT2D eigenvalue weighted by atomic mass is 16.2. The molecule has 0 fully saturated rings. The molecule has 24 heavy (non-hydrogen) atoms. The Bertz CT molecular complexity index is 1030. The first kappa shape index (κ1) is 14.3. The summed E-state index contributed by atoms with van der Waals surface area (Å²) in [6.07, 6.45) is 0. The molecule has 0 saturated carbocycles. The van der Waals surface area contributed by atoms with Crippen LogP contribution in [0.15, 0.2) is 53.3 Å². The molecule has 0 bridgehead atoms. The van der Waals surface area contributed by atoms with E-state index in [1.807, 2.05) is 0 Å². The van der Waals surface area contributed by atoms with Crippen molar-refractivity contribution in [3.05, 3.63) is 75.7 Å². The number of rotatable bonds is 2. The van der Waals surface area contributed by atoms with Crippen LogP contribution in [0.5, 0.6) is 0 Å². The van der Waals surface area contributed by atoms with Crippen LogP contribution in [-0.2, 0) is 13.6 Å². The second-order valence-corrected chi connectivity index (χ2v) is 5.66. The van der Waals surface area contributed by atoms with Crippen LogP contribution >= 0.6 is 0 Å². The van der Waals surface area contributed by atoms with Crippen LogP contribution in [-0.4, -0.2) is 26.5 Å². The molecule has 4 rings (SSSR count). The fraction of sp³-hybridized carbons (Fsp3) is 0.111. The van der Waals surface area contributed by atoms with Crippen molar-refractivity contribution >= 4 is 22.6 Å². The summed E-state index contributed by atoms with van der Waals surface area (Å²) in [5.74, 6) is -0.675. The first-order valence-electron chi connectivity index (χ1n) is 7.48. The lowest BCUT2D eigenvalue weighted by Gasteiger charge is -2.15. The number of fused-ring (bicyclic) bond motifs is 2. The third-order valence-electron chi connectivity index (χ3n) is 4.22. The summed E-state index contributed by atoms with van der Waals surface area (Å²) in [5, 5.41) is 5.42. The van der Waals surface area contributed by atoms with Gasteiger partial charge in [0.25, 0.3) is 17.4 Å². The lowest BCUT2D eigenvalue weighted by Crippen LogP contribution is -2.31. The first-order valence-corrected chi connectivity index (χ1v) is 7.48. The molecular weight excluding hydrogens is 306 g/mol. The van der Waals surface area contributed by atoms with E-state index >= 15 is 0 Å². The molecule has 0 saturated heterocycles. The van der Waals surface area contributed by atoms with Gasteiger partial charge in [0.1, 0.15) is 0 Å². The minimum Gasteiger partial charge on any atom is -0.269 e. The molecule has 1 aromatic heterocycles. The van der Waals surface area contributed by atoms with Gasteiger partial charge in [0.15, 0.2) is 0 Å². The van der Waals surface area contributed by atoms with Crippen molar-refractivity contribution in [3.63, 3.8) is 0 Å². The van der Waals surface area contributed by atoms with Gasteiger partial charge in [-0.1, -0.05) is 30.3 Å². The number of amides is 2. The van der Waals surface area contributed by atoms with E-state index in [0.717, 1.165) is 0 Å². The lowest BCUT2D eigenvalue weighted by atomic mass is 10.1. The molecular formula is C18H13N3O3. The molecule has 118 valence electrons. The van der Waals surface area contributed by atoms with Crippen molar-refractivity contribution in [3.8, 4) is 0 Å². The fourth-order valence-corrected chi connectivity index (χ4v) is 3.03. The molecule has 1 aliphatic rings. The maximum Gasteiger partial charge on any atom is 0.274 e. The molecule has 6 nitrogen and oxygen atoms in total. The fourth-order valence-electron chi connectivity index (χ4n) is 3.03. The van der Waals surface area contributed by atoms with Crippen LogP contribution in [0.2, 0.25) is 0 Å². The van der Waals surface area contributed by atoms with Crippen molar-refractivity contribution in [2.45, 2.75) is 6.54 Å². The number of aryl methyl sites for hydroxylation is 1. The standard InChI is InChI=1S/C18H13N3O3/c1-20-16(22)12-7-3-2-6-11(12)15(19-20)10-21-17(23)13-8-4-5-9-14(13)18(21)24/h2-9H,10H2,1H3. The third kappa shape index (κ3) is 1.96. The zero-order valence-corrected chi connectivity index (χ0v) is 12.9. The highest BCUT2D eigenvalue weighted by Gasteiger charge is 2.35. The van der Waals surface area contributed by atoms with E-state index in [-0.39, 0.29) is 23.9 Å². The topological polar surface area (TPSA) is 72.3 Å². The SMILES string of the molecule is Cn1nc(CN2C(=O)c3ccccc3C2=O)c2ccccc2c1=O. The van der Waals surface area contributed by atoms with E-state index in [2.05, 4.69) is 5.10 Å². The van der Waals surface area contributed by atoms with Gasteiger partial charge in [0.2, 0.25) is 0 Å². The van der Waals surface area contributed by atoms with Crippen molar-refractivity contribution < 1.29 is 9.59 Å². The van der Waals surface area contributed by atoms with Crippen LogP contribution in [0.1, 0.15) is 26.4 Å². The van der Waals surface area contributed by atoms with Gasteiger partial charge in [-0.2, -0.15) is 5.10 Å². The summed E-state index contributed by atoms with van der Waals surface area (Å²) in [4.78, 5) is 38.4. The number of carbonyl (C=O) groups is 2. The molecule has 0 spiro atoms. The third-order valence-corrected chi connectivity index (χ3v) is 4.22. The second-order valence-electron chi connectivity index (χ2n) is 5.66. The molecule has 3 aromatic rings. The Morgan fingerprint density at radius 1 is 0.833 bits per heavy atom. The molecule has 0 unspecified atom stereocenters. The number of nitrogens with zero attached hydrogens (tertiary/aromatic N) is 3. The number of imide groups is 1. The van der Waals surface area contributed by atoms with Crippen LogP contribution in [0.25, 0.3) is 10.8 Å². The minimum atomic E-state index is -0.338. The molecule has 2 aromatic carbocycles. The Morgan fingerprint density at radius 2 is 1.38 bits per heavy atom. The molecule has 0 radical (unpaired) electrons. The Hall–Kier alpha value is -3.28. The predicted molar refractivity (Wildman–Crippen MR) is 87.6 cm³/mol. The molecule has 0 atom stereocenters. The number of benzene rings is 2. The zero-order valence-electron chi connectivity index (χ0n) is 12.9.